The van der Waals surface area contributed by atoms with Gasteiger partial charge in [-0.2, -0.15) is 11.8 Å². The SMILES string of the molecule is CC1[CH-]C2[CH-]CC[CH-]C2[CH-]C1C.[Y].[Y].[Y].[Y].[Y].[Y].[Y]. The molecule has 2 fully saturated rings. The molecule has 4 atom stereocenters. The van der Waals surface area contributed by atoms with E-state index in [1.165, 1.54) is 12.8 Å². The largest absolute Gasteiger partial charge is 0.361 e. The van der Waals surface area contributed by atoms with Crippen molar-refractivity contribution in [2.24, 2.45) is 23.7 Å². The molecule has 2 aliphatic carbocycles. The Bertz CT molecular complexity index is 150. The maximum absolute atomic E-state index is 2.53. The topological polar surface area (TPSA) is 0 Å². The van der Waals surface area contributed by atoms with Gasteiger partial charge >= 0.3 is 0 Å². The van der Waals surface area contributed by atoms with E-state index in [0.29, 0.717) is 0 Å². The van der Waals surface area contributed by atoms with E-state index in [4.69, 9.17) is 0 Å². The van der Waals surface area contributed by atoms with E-state index in [2.05, 4.69) is 39.5 Å². The second kappa shape index (κ2) is 23.8. The molecule has 0 aromatic rings. The van der Waals surface area contributed by atoms with Crippen molar-refractivity contribution >= 4 is 0 Å². The second-order valence-corrected chi connectivity index (χ2v) is 4.31. The number of rotatable bonds is 0. The van der Waals surface area contributed by atoms with E-state index < -0.39 is 0 Å². The summed E-state index contributed by atoms with van der Waals surface area (Å²) in [5, 5.41) is 0. The van der Waals surface area contributed by atoms with Crippen LogP contribution in [0.4, 0.5) is 0 Å². The summed E-state index contributed by atoms with van der Waals surface area (Å²) in [5.74, 6) is 3.05. The van der Waals surface area contributed by atoms with Gasteiger partial charge in [0.15, 0.2) is 0 Å². The van der Waals surface area contributed by atoms with Crippen LogP contribution in [0.2, 0.25) is 0 Å². The second-order valence-electron chi connectivity index (χ2n) is 4.31. The molecular formula is C12H18Y7-4. The monoisotopic (exact) mass is 784 g/mol. The molecule has 7 radical (unpaired) electrons. The van der Waals surface area contributed by atoms with Crippen molar-refractivity contribution in [3.8, 4) is 0 Å². The Kier molecular flexibility index (Phi) is 51.5. The summed E-state index contributed by atoms with van der Waals surface area (Å²) < 4.78 is 0. The number of hydrogen-bond donors (Lipinski definition) is 0. The van der Waals surface area contributed by atoms with Gasteiger partial charge in [-0.15, -0.1) is 0 Å². The van der Waals surface area contributed by atoms with E-state index in [9.17, 15) is 0 Å². The van der Waals surface area contributed by atoms with Crippen molar-refractivity contribution in [1.29, 1.82) is 0 Å². The minimum Gasteiger partial charge on any atom is -0.361 e. The van der Waals surface area contributed by atoms with Crippen LogP contribution in [0.15, 0.2) is 0 Å². The Morgan fingerprint density at radius 1 is 0.579 bits per heavy atom. The summed E-state index contributed by atoms with van der Waals surface area (Å²) in [7, 11) is 0. The molecule has 0 nitrogen and oxygen atoms in total. The minimum atomic E-state index is 0. The third-order valence-corrected chi connectivity index (χ3v) is 3.37. The van der Waals surface area contributed by atoms with E-state index in [0.717, 1.165) is 23.7 Å². The normalized spacial score (nSPS) is 30.6. The summed E-state index contributed by atoms with van der Waals surface area (Å²) in [5.41, 5.74) is 0. The van der Waals surface area contributed by atoms with E-state index >= 15 is 0 Å². The summed E-state index contributed by atoms with van der Waals surface area (Å²) in [4.78, 5) is 0. The number of hydrogen-bond acceptors (Lipinski definition) is 0. The first-order valence-corrected chi connectivity index (χ1v) is 5.14. The molecule has 2 aliphatic rings. The van der Waals surface area contributed by atoms with Crippen LogP contribution in [0, 0.1) is 49.4 Å². The van der Waals surface area contributed by atoms with Gasteiger partial charge in [-0.05, 0) is 0 Å². The van der Waals surface area contributed by atoms with E-state index in [-0.39, 0.29) is 229 Å². The first-order chi connectivity index (χ1) is 5.77. The van der Waals surface area contributed by atoms with Crippen LogP contribution in [0.25, 0.3) is 0 Å². The first-order valence-electron chi connectivity index (χ1n) is 5.14. The summed E-state index contributed by atoms with van der Waals surface area (Å²) in [6.45, 7) is 4.67. The van der Waals surface area contributed by atoms with Crippen LogP contribution < -0.4 is 0 Å². The predicted molar refractivity (Wildman–Crippen MR) is 51.7 cm³/mol. The van der Waals surface area contributed by atoms with Crippen molar-refractivity contribution < 1.29 is 229 Å². The molecule has 0 aromatic carbocycles. The number of fused-ring (bicyclic) bond motifs is 1. The van der Waals surface area contributed by atoms with Gasteiger partial charge in [0.1, 0.15) is 0 Å². The van der Waals surface area contributed by atoms with Crippen LogP contribution in [0.3, 0.4) is 0 Å². The van der Waals surface area contributed by atoms with Crippen LogP contribution >= 0.6 is 0 Å². The molecule has 7 heteroatoms. The third kappa shape index (κ3) is 15.3. The van der Waals surface area contributed by atoms with Crippen LogP contribution in [0.1, 0.15) is 26.7 Å². The average molecular weight is 785 g/mol. The fraction of sp³-hybridized carbons (Fsp3) is 0.667. The molecule has 0 N–H and O–H groups in total. The molecule has 2 saturated carbocycles. The Balaban J connectivity index is -0.0000000604. The van der Waals surface area contributed by atoms with Crippen LogP contribution in [0.5, 0.6) is 0 Å². The molecule has 0 aromatic heterocycles. The van der Waals surface area contributed by atoms with E-state index in [1.54, 1.807) is 0 Å². The minimum absolute atomic E-state index is 0. The quantitative estimate of drug-likeness (QED) is 0.332. The van der Waals surface area contributed by atoms with Gasteiger partial charge in [0.2, 0.25) is 0 Å². The average Bonchev–Trinajstić information content (AvgIpc) is 2.07. The molecule has 19 heavy (non-hydrogen) atoms. The molecule has 0 saturated heterocycles. The smallest absolute Gasteiger partial charge is 0 e. The molecule has 2 rings (SSSR count). The fourth-order valence-corrected chi connectivity index (χ4v) is 2.36. The van der Waals surface area contributed by atoms with Gasteiger partial charge in [0.05, 0.1) is 0 Å². The van der Waals surface area contributed by atoms with Crippen LogP contribution in [-0.4, -0.2) is 0 Å². The molecule has 0 amide bonds. The first kappa shape index (κ1) is 41.2. The zero-order valence-corrected chi connectivity index (χ0v) is 31.9. The predicted octanol–water partition coefficient (Wildman–Crippen LogP) is 3.10. The van der Waals surface area contributed by atoms with Gasteiger partial charge in [-0.3, -0.25) is 0 Å². The summed E-state index contributed by atoms with van der Waals surface area (Å²) in [6, 6.07) is 0. The maximum Gasteiger partial charge on any atom is 0 e. The molecule has 0 aliphatic heterocycles. The Labute approximate surface area is 296 Å². The van der Waals surface area contributed by atoms with Crippen LogP contribution in [-0.2, 0) is 229 Å². The molecule has 0 heterocycles. The van der Waals surface area contributed by atoms with Crippen molar-refractivity contribution in [1.82, 2.24) is 0 Å². The van der Waals surface area contributed by atoms with Gasteiger partial charge in [0, 0.05) is 229 Å². The van der Waals surface area contributed by atoms with Gasteiger partial charge in [0.25, 0.3) is 0 Å². The van der Waals surface area contributed by atoms with Gasteiger partial charge in [-0.25, -0.2) is 12.8 Å². The Hall–Kier alpha value is 7.73. The molecule has 91 valence electrons. The zero-order valence-electron chi connectivity index (χ0n) is 12.1. The summed E-state index contributed by atoms with van der Waals surface area (Å²) in [6.07, 6.45) is 12.6. The molecule has 0 spiro atoms. The zero-order chi connectivity index (χ0) is 8.55. The Morgan fingerprint density at radius 3 is 1.11 bits per heavy atom. The third-order valence-electron chi connectivity index (χ3n) is 3.37. The maximum atomic E-state index is 2.53. The van der Waals surface area contributed by atoms with Crippen molar-refractivity contribution in [3.63, 3.8) is 0 Å². The van der Waals surface area contributed by atoms with Crippen molar-refractivity contribution in [2.75, 3.05) is 0 Å². The fourth-order valence-electron chi connectivity index (χ4n) is 2.36. The molecule has 0 bridgehead atoms. The van der Waals surface area contributed by atoms with Gasteiger partial charge < -0.3 is 37.5 Å². The van der Waals surface area contributed by atoms with Crippen molar-refractivity contribution in [2.45, 2.75) is 26.7 Å². The molecule has 4 unspecified atom stereocenters. The van der Waals surface area contributed by atoms with Gasteiger partial charge in [-0.1, -0.05) is 13.8 Å². The van der Waals surface area contributed by atoms with Crippen molar-refractivity contribution in [3.05, 3.63) is 25.7 Å². The molecular weight excluding hydrogens is 766 g/mol. The summed E-state index contributed by atoms with van der Waals surface area (Å²) >= 11 is 0. The Morgan fingerprint density at radius 2 is 0.842 bits per heavy atom. The standard InChI is InChI=1S/C12H18.7Y/c1-9-7-11-5-3-4-6-12(11)8-10(9)2;;;;;;;/h5-12H,3-4H2,1-2H3;;;;;;;/q-4;;;;;;;. The van der Waals surface area contributed by atoms with E-state index in [1.807, 2.05) is 0 Å².